The summed E-state index contributed by atoms with van der Waals surface area (Å²) in [5.41, 5.74) is 1.43. The lowest BCUT2D eigenvalue weighted by Gasteiger charge is -2.10. The first-order valence-corrected chi connectivity index (χ1v) is 11.8. The van der Waals surface area contributed by atoms with Gasteiger partial charge in [0.25, 0.3) is 5.91 Å². The van der Waals surface area contributed by atoms with Gasteiger partial charge >= 0.3 is 0 Å². The van der Waals surface area contributed by atoms with Gasteiger partial charge in [-0.25, -0.2) is 8.42 Å². The highest BCUT2D eigenvalue weighted by Gasteiger charge is 2.21. The number of pyridine rings is 1. The third-order valence-corrected chi connectivity index (χ3v) is 5.95. The van der Waals surface area contributed by atoms with E-state index in [0.717, 1.165) is 6.26 Å². The molecule has 1 amide bonds. The van der Waals surface area contributed by atoms with Crippen LogP contribution in [0.3, 0.4) is 0 Å². The maximum absolute atomic E-state index is 13.1. The minimum absolute atomic E-state index is 0.115. The Balaban J connectivity index is 1.89. The molecule has 0 aliphatic heterocycles. The van der Waals surface area contributed by atoms with Gasteiger partial charge < -0.3 is 14.8 Å². The van der Waals surface area contributed by atoms with E-state index in [0.29, 0.717) is 31.3 Å². The molecule has 0 saturated carbocycles. The molecule has 30 heavy (non-hydrogen) atoms. The number of halogens is 2. The van der Waals surface area contributed by atoms with Gasteiger partial charge in [0.05, 0.1) is 26.1 Å². The van der Waals surface area contributed by atoms with Crippen LogP contribution < -0.4 is 10.0 Å². The Morgan fingerprint density at radius 3 is 2.70 bits per heavy atom. The number of carbonyl (C=O) groups is 1. The maximum Gasteiger partial charge on any atom is 0.256 e. The van der Waals surface area contributed by atoms with Gasteiger partial charge in [0, 0.05) is 28.9 Å². The average Bonchev–Trinajstić information content (AvgIpc) is 3.03. The quantitative estimate of drug-likeness (QED) is 0.316. The Labute approximate surface area is 189 Å². The molecule has 0 aliphatic carbocycles. The molecule has 2 aromatic carbocycles. The lowest BCUT2D eigenvalue weighted by atomic mass is 10.0. The molecule has 0 aliphatic rings. The third kappa shape index (κ3) is 3.89. The second-order valence-electron chi connectivity index (χ2n) is 6.46. The van der Waals surface area contributed by atoms with Crippen LogP contribution >= 0.6 is 34.2 Å². The molecule has 3 N–H and O–H groups in total. The summed E-state index contributed by atoms with van der Waals surface area (Å²) in [5, 5.41) is 14.1. The molecule has 0 radical (unpaired) electrons. The molecule has 0 fully saturated rings. The van der Waals surface area contributed by atoms with Gasteiger partial charge in [-0.15, -0.1) is 0 Å². The van der Waals surface area contributed by atoms with Crippen LogP contribution in [0.2, 0.25) is 5.02 Å². The van der Waals surface area contributed by atoms with E-state index in [1.807, 2.05) is 22.6 Å². The number of aromatic nitrogens is 1. The van der Waals surface area contributed by atoms with E-state index in [2.05, 4.69) is 15.0 Å². The largest absolute Gasteiger partial charge is 0.504 e. The number of nitrogens with zero attached hydrogens (tertiary/aromatic N) is 1. The monoisotopic (exact) mass is 557 g/mol. The maximum atomic E-state index is 13.1. The summed E-state index contributed by atoms with van der Waals surface area (Å²) in [6, 6.07) is 7.45. The summed E-state index contributed by atoms with van der Waals surface area (Å²) in [7, 11) is -3.50. The number of carbonyl (C=O) groups excluding carboxylic acids is 1. The van der Waals surface area contributed by atoms with E-state index >= 15 is 0 Å². The number of benzene rings is 2. The molecule has 0 atom stereocenters. The number of furan rings is 1. The van der Waals surface area contributed by atoms with Gasteiger partial charge in [-0.1, -0.05) is 11.6 Å². The minimum Gasteiger partial charge on any atom is -0.504 e. The zero-order chi connectivity index (χ0) is 21.6. The Kier molecular flexibility index (Phi) is 5.24. The molecular formula is C19H13ClIN3O5S. The van der Waals surface area contributed by atoms with E-state index in [1.165, 1.54) is 24.4 Å². The van der Waals surface area contributed by atoms with Crippen LogP contribution in [0, 0.1) is 3.57 Å². The van der Waals surface area contributed by atoms with Gasteiger partial charge in [0.15, 0.2) is 11.3 Å². The number of hydrogen-bond donors (Lipinski definition) is 3. The predicted octanol–water partition coefficient (Wildman–Crippen LogP) is 4.57. The number of fused-ring (bicyclic) bond motifs is 3. The first-order valence-electron chi connectivity index (χ1n) is 8.40. The number of anilines is 2. The van der Waals surface area contributed by atoms with Crippen molar-refractivity contribution in [3.05, 3.63) is 56.9 Å². The van der Waals surface area contributed by atoms with Crippen LogP contribution in [-0.4, -0.2) is 30.7 Å². The van der Waals surface area contributed by atoms with Crippen LogP contribution in [-0.2, 0) is 10.0 Å². The van der Waals surface area contributed by atoms with Crippen molar-refractivity contribution in [1.82, 2.24) is 4.98 Å². The molecular weight excluding hydrogens is 545 g/mol. The first-order chi connectivity index (χ1) is 14.1. The molecule has 0 bridgehead atoms. The van der Waals surface area contributed by atoms with Crippen molar-refractivity contribution >= 4 is 83.4 Å². The van der Waals surface area contributed by atoms with Crippen LogP contribution in [0.5, 0.6) is 5.75 Å². The van der Waals surface area contributed by atoms with Crippen molar-refractivity contribution in [2.24, 2.45) is 0 Å². The molecule has 2 heterocycles. The molecule has 0 spiro atoms. The van der Waals surface area contributed by atoms with Gasteiger partial charge in [-0.3, -0.25) is 14.5 Å². The number of hydrogen-bond acceptors (Lipinski definition) is 6. The third-order valence-electron chi connectivity index (χ3n) is 4.24. The number of phenols is 1. The SMILES string of the molecule is CS(=O)(=O)Nc1ccc2oc3c(O)ccc(C(=O)Nc4c(Cl)cncc4I)c3c2c1. The number of amides is 1. The molecule has 8 nitrogen and oxygen atoms in total. The number of nitrogens with one attached hydrogen (secondary N) is 2. The smallest absolute Gasteiger partial charge is 0.256 e. The summed E-state index contributed by atoms with van der Waals surface area (Å²) in [5.74, 6) is -0.623. The van der Waals surface area contributed by atoms with Crippen LogP contribution in [0.15, 0.2) is 47.1 Å². The van der Waals surface area contributed by atoms with Gasteiger partial charge in [0.2, 0.25) is 10.0 Å². The van der Waals surface area contributed by atoms with Crippen molar-refractivity contribution in [2.75, 3.05) is 16.3 Å². The normalized spacial score (nSPS) is 11.7. The molecule has 0 unspecified atom stereocenters. The standard InChI is InChI=1S/C19H13ClIN3O5S/c1-30(27,28)24-9-2-5-15-11(6-9)16-10(3-4-14(25)18(16)29-15)19(26)23-17-12(20)7-22-8-13(17)21/h2-8,24-25H,1H3,(H,22,23,26). The Morgan fingerprint density at radius 2 is 2.00 bits per heavy atom. The number of rotatable bonds is 4. The van der Waals surface area contributed by atoms with Crippen LogP contribution in [0.25, 0.3) is 21.9 Å². The minimum atomic E-state index is -3.50. The Hall–Kier alpha value is -2.57. The molecule has 11 heteroatoms. The highest BCUT2D eigenvalue weighted by molar-refractivity contribution is 14.1. The molecule has 4 rings (SSSR count). The Bertz CT molecular complexity index is 1420. The lowest BCUT2D eigenvalue weighted by Crippen LogP contribution is -2.13. The van der Waals surface area contributed by atoms with E-state index in [-0.39, 0.29) is 21.9 Å². The van der Waals surface area contributed by atoms with Crippen molar-refractivity contribution in [1.29, 1.82) is 0 Å². The number of aromatic hydroxyl groups is 1. The predicted molar refractivity (Wildman–Crippen MR) is 124 cm³/mol. The fourth-order valence-electron chi connectivity index (χ4n) is 3.05. The zero-order valence-corrected chi connectivity index (χ0v) is 19.0. The van der Waals surface area contributed by atoms with E-state index in [9.17, 15) is 18.3 Å². The summed E-state index contributed by atoms with van der Waals surface area (Å²) in [6.07, 6.45) is 4.02. The molecule has 4 aromatic rings. The molecule has 0 saturated heterocycles. The molecule has 2 aromatic heterocycles. The van der Waals surface area contributed by atoms with Crippen molar-refractivity contribution in [3.63, 3.8) is 0 Å². The summed E-state index contributed by atoms with van der Waals surface area (Å²) >= 11 is 8.16. The van der Waals surface area contributed by atoms with E-state index < -0.39 is 15.9 Å². The zero-order valence-electron chi connectivity index (χ0n) is 15.2. The Morgan fingerprint density at radius 1 is 1.23 bits per heavy atom. The number of sulfonamides is 1. The average molecular weight is 558 g/mol. The number of phenolic OH excluding ortho intramolecular Hbond substituents is 1. The fraction of sp³-hybridized carbons (Fsp3) is 0.0526. The second kappa shape index (κ2) is 7.60. The van der Waals surface area contributed by atoms with Crippen LogP contribution in [0.1, 0.15) is 10.4 Å². The van der Waals surface area contributed by atoms with E-state index in [1.54, 1.807) is 18.3 Å². The van der Waals surface area contributed by atoms with Crippen molar-refractivity contribution in [2.45, 2.75) is 0 Å². The van der Waals surface area contributed by atoms with Gasteiger partial charge in [-0.05, 0) is 52.9 Å². The topological polar surface area (TPSA) is 122 Å². The summed E-state index contributed by atoms with van der Waals surface area (Å²) in [4.78, 5) is 17.0. The summed E-state index contributed by atoms with van der Waals surface area (Å²) < 4.78 is 31.9. The lowest BCUT2D eigenvalue weighted by molar-refractivity contribution is 0.102. The highest BCUT2D eigenvalue weighted by Crippen LogP contribution is 2.38. The van der Waals surface area contributed by atoms with Crippen molar-refractivity contribution in [3.8, 4) is 5.75 Å². The van der Waals surface area contributed by atoms with Crippen LogP contribution in [0.4, 0.5) is 11.4 Å². The summed E-state index contributed by atoms with van der Waals surface area (Å²) in [6.45, 7) is 0. The first kappa shape index (κ1) is 20.7. The second-order valence-corrected chi connectivity index (χ2v) is 9.77. The van der Waals surface area contributed by atoms with Crippen molar-refractivity contribution < 1.29 is 22.7 Å². The fourth-order valence-corrected chi connectivity index (χ4v) is 4.55. The van der Waals surface area contributed by atoms with E-state index in [4.69, 9.17) is 16.0 Å². The highest BCUT2D eigenvalue weighted by atomic mass is 127. The molecule has 154 valence electrons. The van der Waals surface area contributed by atoms with Gasteiger partial charge in [-0.2, -0.15) is 0 Å². The van der Waals surface area contributed by atoms with Gasteiger partial charge in [0.1, 0.15) is 5.58 Å².